The van der Waals surface area contributed by atoms with Gasteiger partial charge in [-0.2, -0.15) is 0 Å². The van der Waals surface area contributed by atoms with Crippen molar-refractivity contribution in [3.05, 3.63) is 41.0 Å². The zero-order chi connectivity index (χ0) is 18.2. The number of hydroxylamine groups is 1. The Labute approximate surface area is 152 Å². The van der Waals surface area contributed by atoms with Gasteiger partial charge in [0.25, 0.3) is 0 Å². The standard InChI is InChI=1S/C18H23ClN4O2/c1-3-9-23(10-4-2)16-11-15(12-17(24)22-25)20-18(21-16)13-5-7-14(19)8-6-13/h5-8,11,25H,3-4,9-10,12H2,1-2H3,(H,22,24). The molecular formula is C18H23ClN4O2. The van der Waals surface area contributed by atoms with Crippen LogP contribution in [-0.2, 0) is 11.2 Å². The smallest absolute Gasteiger partial charge is 0.249 e. The van der Waals surface area contributed by atoms with Crippen LogP contribution in [0.5, 0.6) is 0 Å². The lowest BCUT2D eigenvalue weighted by atomic mass is 10.2. The number of hydrogen-bond acceptors (Lipinski definition) is 5. The first kappa shape index (κ1) is 19.1. The topological polar surface area (TPSA) is 78.4 Å². The highest BCUT2D eigenvalue weighted by Gasteiger charge is 2.14. The molecular weight excluding hydrogens is 340 g/mol. The minimum Gasteiger partial charge on any atom is -0.357 e. The molecule has 25 heavy (non-hydrogen) atoms. The molecule has 1 aromatic heterocycles. The Morgan fingerprint density at radius 3 is 2.36 bits per heavy atom. The van der Waals surface area contributed by atoms with Crippen molar-refractivity contribution in [1.29, 1.82) is 0 Å². The van der Waals surface area contributed by atoms with E-state index in [2.05, 4.69) is 28.7 Å². The summed E-state index contributed by atoms with van der Waals surface area (Å²) in [6.07, 6.45) is 1.97. The summed E-state index contributed by atoms with van der Waals surface area (Å²) in [5.74, 6) is 0.806. The summed E-state index contributed by atoms with van der Waals surface area (Å²) in [6.45, 7) is 5.97. The van der Waals surface area contributed by atoms with Gasteiger partial charge in [-0.3, -0.25) is 10.0 Å². The molecule has 0 aliphatic carbocycles. The minimum absolute atomic E-state index is 0.0152. The van der Waals surface area contributed by atoms with E-state index in [1.807, 2.05) is 12.1 Å². The Bertz CT molecular complexity index is 701. The Morgan fingerprint density at radius 2 is 1.80 bits per heavy atom. The molecule has 0 unspecified atom stereocenters. The summed E-state index contributed by atoms with van der Waals surface area (Å²) in [7, 11) is 0. The number of halogens is 1. The zero-order valence-electron chi connectivity index (χ0n) is 14.5. The Morgan fingerprint density at radius 1 is 1.16 bits per heavy atom. The number of benzene rings is 1. The van der Waals surface area contributed by atoms with Crippen molar-refractivity contribution in [2.45, 2.75) is 33.1 Å². The van der Waals surface area contributed by atoms with Crippen molar-refractivity contribution in [2.24, 2.45) is 0 Å². The van der Waals surface area contributed by atoms with Gasteiger partial charge in [-0.15, -0.1) is 0 Å². The van der Waals surface area contributed by atoms with Crippen molar-refractivity contribution in [2.75, 3.05) is 18.0 Å². The highest BCUT2D eigenvalue weighted by atomic mass is 35.5. The molecule has 0 bridgehead atoms. The molecule has 6 nitrogen and oxygen atoms in total. The van der Waals surface area contributed by atoms with Crippen LogP contribution in [0, 0.1) is 0 Å². The maximum absolute atomic E-state index is 11.6. The fraction of sp³-hybridized carbons (Fsp3) is 0.389. The lowest BCUT2D eigenvalue weighted by Gasteiger charge is -2.23. The number of carbonyl (C=O) groups excluding carboxylic acids is 1. The Balaban J connectivity index is 2.46. The second-order valence-electron chi connectivity index (χ2n) is 5.75. The number of aromatic nitrogens is 2. The quantitative estimate of drug-likeness (QED) is 0.555. The number of nitrogens with zero attached hydrogens (tertiary/aromatic N) is 3. The lowest BCUT2D eigenvalue weighted by molar-refractivity contribution is -0.128. The predicted octanol–water partition coefficient (Wildman–Crippen LogP) is 3.47. The Kier molecular flexibility index (Phi) is 7.16. The van der Waals surface area contributed by atoms with E-state index in [1.54, 1.807) is 23.7 Å². The number of anilines is 1. The average molecular weight is 363 g/mol. The fourth-order valence-corrected chi connectivity index (χ4v) is 2.67. The van der Waals surface area contributed by atoms with Crippen molar-refractivity contribution < 1.29 is 10.0 Å². The number of amides is 1. The van der Waals surface area contributed by atoms with Crippen LogP contribution in [0.15, 0.2) is 30.3 Å². The molecule has 0 radical (unpaired) electrons. The second kappa shape index (κ2) is 9.34. The molecule has 2 rings (SSSR count). The van der Waals surface area contributed by atoms with Crippen LogP contribution in [0.25, 0.3) is 11.4 Å². The first-order valence-corrected chi connectivity index (χ1v) is 8.77. The van der Waals surface area contributed by atoms with Crippen LogP contribution in [0.4, 0.5) is 5.82 Å². The van der Waals surface area contributed by atoms with Crippen LogP contribution in [0.1, 0.15) is 32.4 Å². The van der Waals surface area contributed by atoms with Gasteiger partial charge in [-0.05, 0) is 37.1 Å². The van der Waals surface area contributed by atoms with E-state index in [4.69, 9.17) is 16.8 Å². The van der Waals surface area contributed by atoms with E-state index < -0.39 is 5.91 Å². The van der Waals surface area contributed by atoms with Crippen LogP contribution in [0.3, 0.4) is 0 Å². The number of nitrogens with one attached hydrogen (secondary N) is 1. The van der Waals surface area contributed by atoms with Gasteiger partial charge in [0, 0.05) is 29.7 Å². The lowest BCUT2D eigenvalue weighted by Crippen LogP contribution is -2.27. The van der Waals surface area contributed by atoms with Crippen molar-refractivity contribution in [1.82, 2.24) is 15.4 Å². The molecule has 2 N–H and O–H groups in total. The SMILES string of the molecule is CCCN(CCC)c1cc(CC(=O)NO)nc(-c2ccc(Cl)cc2)n1. The van der Waals surface area contributed by atoms with E-state index >= 15 is 0 Å². The molecule has 0 atom stereocenters. The summed E-state index contributed by atoms with van der Waals surface area (Å²) < 4.78 is 0. The first-order valence-electron chi connectivity index (χ1n) is 8.39. The molecule has 2 aromatic rings. The van der Waals surface area contributed by atoms with Crippen molar-refractivity contribution >= 4 is 23.3 Å². The molecule has 134 valence electrons. The maximum atomic E-state index is 11.6. The first-order chi connectivity index (χ1) is 12.1. The number of carbonyl (C=O) groups is 1. The number of rotatable bonds is 8. The molecule has 0 saturated heterocycles. The van der Waals surface area contributed by atoms with Gasteiger partial charge in [0.2, 0.25) is 5.91 Å². The second-order valence-corrected chi connectivity index (χ2v) is 6.18. The van der Waals surface area contributed by atoms with Gasteiger partial charge in [-0.25, -0.2) is 15.4 Å². The summed E-state index contributed by atoms with van der Waals surface area (Å²) in [4.78, 5) is 22.9. The van der Waals surface area contributed by atoms with Gasteiger partial charge in [0.05, 0.1) is 12.1 Å². The fourth-order valence-electron chi connectivity index (χ4n) is 2.55. The summed E-state index contributed by atoms with van der Waals surface area (Å²) in [6, 6.07) is 9.06. The predicted molar refractivity (Wildman–Crippen MR) is 98.9 cm³/mol. The molecule has 1 aromatic carbocycles. The highest BCUT2D eigenvalue weighted by Crippen LogP contribution is 2.22. The van der Waals surface area contributed by atoms with Gasteiger partial charge >= 0.3 is 0 Å². The summed E-state index contributed by atoms with van der Waals surface area (Å²) >= 11 is 5.95. The van der Waals surface area contributed by atoms with Crippen LogP contribution < -0.4 is 10.4 Å². The van der Waals surface area contributed by atoms with Crippen LogP contribution >= 0.6 is 11.6 Å². The largest absolute Gasteiger partial charge is 0.357 e. The van der Waals surface area contributed by atoms with Gasteiger partial charge in [-0.1, -0.05) is 25.4 Å². The molecule has 0 saturated carbocycles. The third kappa shape index (κ3) is 5.41. The molecule has 0 fully saturated rings. The van der Waals surface area contributed by atoms with Crippen molar-refractivity contribution in [3.8, 4) is 11.4 Å². The van der Waals surface area contributed by atoms with Gasteiger partial charge in [0.1, 0.15) is 5.82 Å². The van der Waals surface area contributed by atoms with Crippen LogP contribution in [-0.4, -0.2) is 34.2 Å². The van der Waals surface area contributed by atoms with E-state index in [1.165, 1.54) is 0 Å². The molecule has 0 spiro atoms. The maximum Gasteiger partial charge on any atom is 0.249 e. The third-order valence-corrected chi connectivity index (χ3v) is 3.90. The van der Waals surface area contributed by atoms with E-state index in [0.717, 1.165) is 37.3 Å². The van der Waals surface area contributed by atoms with Gasteiger partial charge in [0.15, 0.2) is 5.82 Å². The van der Waals surface area contributed by atoms with Crippen LogP contribution in [0.2, 0.25) is 5.02 Å². The van der Waals surface area contributed by atoms with E-state index in [-0.39, 0.29) is 6.42 Å². The molecule has 0 aliphatic heterocycles. The van der Waals surface area contributed by atoms with E-state index in [9.17, 15) is 4.79 Å². The highest BCUT2D eigenvalue weighted by molar-refractivity contribution is 6.30. The average Bonchev–Trinajstić information content (AvgIpc) is 2.61. The van der Waals surface area contributed by atoms with Crippen molar-refractivity contribution in [3.63, 3.8) is 0 Å². The molecule has 1 heterocycles. The molecule has 1 amide bonds. The molecule has 7 heteroatoms. The Hall–Kier alpha value is -2.18. The molecule has 0 aliphatic rings. The van der Waals surface area contributed by atoms with Gasteiger partial charge < -0.3 is 4.90 Å². The third-order valence-electron chi connectivity index (χ3n) is 3.65. The summed E-state index contributed by atoms with van der Waals surface area (Å²) in [5.41, 5.74) is 3.03. The number of hydrogen-bond donors (Lipinski definition) is 2. The summed E-state index contributed by atoms with van der Waals surface area (Å²) in [5, 5.41) is 9.43. The normalized spacial score (nSPS) is 10.6. The minimum atomic E-state index is -0.510. The van der Waals surface area contributed by atoms with E-state index in [0.29, 0.717) is 16.5 Å². The monoisotopic (exact) mass is 362 g/mol. The zero-order valence-corrected chi connectivity index (χ0v) is 15.3.